The summed E-state index contributed by atoms with van der Waals surface area (Å²) in [6.45, 7) is 8.31. The van der Waals surface area contributed by atoms with Crippen LogP contribution in [-0.2, 0) is 61.7 Å². The summed E-state index contributed by atoms with van der Waals surface area (Å²) in [7, 11) is 1.46. The second-order valence-electron chi connectivity index (χ2n) is 22.7. The first-order chi connectivity index (χ1) is 34.1. The number of rotatable bonds is 13. The SMILES string of the molecule is CO[C@H]1C[C@H](O[C@H]2[C@@H](O)C[C@H](O[C@H]3CC[C@@]4(C)[C@H](CC[C@H]5[C@H]4CC[C@]4(C)[C@@H](C6=CC(=O)OC6)[C@@H](OC(C)=O)C[C@]54O)C3)O[C@@H]2C)O[C@H](C)[C@H]1O[C@@H]1O[C@H](CO[C@@H]2O[C@H](CO)[C@@H](O)[C@H](O)[C@H]2O)[C@@H](O)[C@H](O)[C@H]1O. The van der Waals surface area contributed by atoms with Crippen molar-refractivity contribution < 1.29 is 108 Å². The molecule has 8 fully saturated rings. The summed E-state index contributed by atoms with van der Waals surface area (Å²) in [5, 5.41) is 97.0. The molecule has 4 aliphatic carbocycles. The quantitative estimate of drug-likeness (QED) is 0.0807. The van der Waals surface area contributed by atoms with E-state index in [0.29, 0.717) is 12.3 Å². The number of carbonyl (C=O) groups is 2. The van der Waals surface area contributed by atoms with E-state index in [9.17, 15) is 55.5 Å². The Labute approximate surface area is 419 Å². The summed E-state index contributed by atoms with van der Waals surface area (Å²) < 4.78 is 65.6. The van der Waals surface area contributed by atoms with Gasteiger partial charge in [0.05, 0.1) is 49.3 Å². The van der Waals surface area contributed by atoms with Crippen LogP contribution in [-0.4, -0.2) is 213 Å². The van der Waals surface area contributed by atoms with Gasteiger partial charge in [0.25, 0.3) is 0 Å². The maximum atomic E-state index is 12.9. The molecule has 9 N–H and O–H groups in total. The molecule has 9 rings (SSSR count). The van der Waals surface area contributed by atoms with E-state index in [4.69, 9.17) is 52.1 Å². The van der Waals surface area contributed by atoms with Crippen LogP contribution in [0.5, 0.6) is 0 Å². The van der Waals surface area contributed by atoms with Gasteiger partial charge in [0.1, 0.15) is 73.8 Å². The molecule has 0 aromatic rings. The van der Waals surface area contributed by atoms with E-state index in [1.807, 2.05) is 6.92 Å². The molecule has 4 saturated heterocycles. The van der Waals surface area contributed by atoms with Crippen molar-refractivity contribution in [3.63, 3.8) is 0 Å². The zero-order valence-electron chi connectivity index (χ0n) is 42.0. The summed E-state index contributed by atoms with van der Waals surface area (Å²) in [5.74, 6) is -0.530. The van der Waals surface area contributed by atoms with Gasteiger partial charge in [-0.25, -0.2) is 4.79 Å². The Morgan fingerprint density at radius 2 is 1.40 bits per heavy atom. The third-order valence-electron chi connectivity index (χ3n) is 18.6. The molecule has 22 nitrogen and oxygen atoms in total. The highest BCUT2D eigenvalue weighted by Crippen LogP contribution is 2.70. The van der Waals surface area contributed by atoms with E-state index >= 15 is 0 Å². The fourth-order valence-electron chi connectivity index (χ4n) is 14.8. The zero-order chi connectivity index (χ0) is 51.8. The largest absolute Gasteiger partial charge is 0.462 e. The van der Waals surface area contributed by atoms with Gasteiger partial charge < -0.3 is 98.1 Å². The van der Waals surface area contributed by atoms with Gasteiger partial charge in [0, 0.05) is 50.7 Å². The lowest BCUT2D eigenvalue weighted by Crippen LogP contribution is -2.63. The summed E-state index contributed by atoms with van der Waals surface area (Å²) >= 11 is 0. The highest BCUT2D eigenvalue weighted by Gasteiger charge is 2.71. The molecule has 0 amide bonds. The molecule has 0 bridgehead atoms. The minimum Gasteiger partial charge on any atom is -0.462 e. The Hall–Kier alpha value is -2.04. The summed E-state index contributed by atoms with van der Waals surface area (Å²) in [4.78, 5) is 24.5. The molecule has 5 aliphatic heterocycles. The second-order valence-corrected chi connectivity index (χ2v) is 22.7. The number of fused-ring (bicyclic) bond motifs is 5. The minimum atomic E-state index is -1.76. The maximum absolute atomic E-state index is 12.9. The van der Waals surface area contributed by atoms with Gasteiger partial charge in [-0.15, -0.1) is 0 Å². The van der Waals surface area contributed by atoms with Crippen LogP contribution in [0.15, 0.2) is 11.6 Å². The van der Waals surface area contributed by atoms with Crippen molar-refractivity contribution in [2.45, 2.75) is 227 Å². The van der Waals surface area contributed by atoms with Gasteiger partial charge in [0.2, 0.25) is 0 Å². The van der Waals surface area contributed by atoms with Crippen molar-refractivity contribution in [1.29, 1.82) is 0 Å². The number of cyclic esters (lactones) is 1. The Morgan fingerprint density at radius 1 is 0.736 bits per heavy atom. The molecule has 0 aromatic carbocycles. The number of aliphatic hydroxyl groups excluding tert-OH is 8. The molecule has 0 radical (unpaired) electrons. The van der Waals surface area contributed by atoms with Crippen LogP contribution in [0.2, 0.25) is 0 Å². The summed E-state index contributed by atoms with van der Waals surface area (Å²) in [6.07, 6.45) is -14.7. The number of hydrogen-bond donors (Lipinski definition) is 9. The lowest BCUT2D eigenvalue weighted by atomic mass is 9.43. The number of carbonyl (C=O) groups excluding carboxylic acids is 2. The highest BCUT2D eigenvalue weighted by atomic mass is 16.8. The molecule has 9 aliphatic rings. The molecule has 27 atom stereocenters. The first kappa shape index (κ1) is 54.7. The van der Waals surface area contributed by atoms with E-state index in [2.05, 4.69) is 13.8 Å². The molecule has 410 valence electrons. The molecule has 4 saturated carbocycles. The van der Waals surface area contributed by atoms with Gasteiger partial charge in [-0.05, 0) is 87.5 Å². The van der Waals surface area contributed by atoms with Crippen LogP contribution in [0.1, 0.15) is 98.8 Å². The first-order valence-electron chi connectivity index (χ1n) is 26.0. The average molecular weight is 1030 g/mol. The fourth-order valence-corrected chi connectivity index (χ4v) is 14.8. The van der Waals surface area contributed by atoms with Gasteiger partial charge in [-0.3, -0.25) is 4.79 Å². The molecule has 0 spiro atoms. The average Bonchev–Trinajstić information content (AvgIpc) is 3.85. The third-order valence-corrected chi connectivity index (χ3v) is 18.6. The van der Waals surface area contributed by atoms with E-state index in [-0.39, 0.29) is 48.7 Å². The minimum absolute atomic E-state index is 0.000629. The van der Waals surface area contributed by atoms with Gasteiger partial charge >= 0.3 is 11.9 Å². The molecular formula is C50H78O22. The number of esters is 2. The maximum Gasteiger partial charge on any atom is 0.331 e. The fraction of sp³-hybridized carbons (Fsp3) is 0.920. The molecule has 72 heavy (non-hydrogen) atoms. The van der Waals surface area contributed by atoms with Crippen molar-refractivity contribution in [2.75, 3.05) is 26.9 Å². The van der Waals surface area contributed by atoms with Crippen molar-refractivity contribution in [2.24, 2.45) is 34.5 Å². The van der Waals surface area contributed by atoms with Crippen LogP contribution in [0, 0.1) is 34.5 Å². The lowest BCUT2D eigenvalue weighted by Gasteiger charge is -2.63. The number of aliphatic hydroxyl groups is 9. The van der Waals surface area contributed by atoms with Gasteiger partial charge in [-0.2, -0.15) is 0 Å². The Balaban J connectivity index is 0.764. The molecular weight excluding hydrogens is 953 g/mol. The van der Waals surface area contributed by atoms with Crippen LogP contribution >= 0.6 is 0 Å². The van der Waals surface area contributed by atoms with Crippen molar-refractivity contribution in [3.8, 4) is 0 Å². The molecule has 5 heterocycles. The second kappa shape index (κ2) is 21.4. The number of methoxy groups -OCH3 is 1. The Morgan fingerprint density at radius 3 is 2.06 bits per heavy atom. The van der Waals surface area contributed by atoms with Gasteiger partial charge in [0.15, 0.2) is 25.2 Å². The Bertz CT molecular complexity index is 1930. The van der Waals surface area contributed by atoms with Crippen molar-refractivity contribution in [3.05, 3.63) is 11.6 Å². The van der Waals surface area contributed by atoms with Crippen LogP contribution < -0.4 is 0 Å². The molecule has 0 unspecified atom stereocenters. The van der Waals surface area contributed by atoms with E-state index in [1.54, 1.807) is 6.92 Å². The topological polar surface area (TPSA) is 318 Å². The summed E-state index contributed by atoms with van der Waals surface area (Å²) in [6, 6.07) is 0. The molecule has 22 heteroatoms. The predicted octanol–water partition coefficient (Wildman–Crippen LogP) is -0.790. The Kier molecular flexibility index (Phi) is 16.3. The van der Waals surface area contributed by atoms with E-state index < -0.39 is 153 Å². The molecule has 0 aromatic heterocycles. The van der Waals surface area contributed by atoms with E-state index in [1.165, 1.54) is 20.1 Å². The van der Waals surface area contributed by atoms with Crippen LogP contribution in [0.4, 0.5) is 0 Å². The predicted molar refractivity (Wildman–Crippen MR) is 242 cm³/mol. The normalized spacial score (nSPS) is 52.7. The van der Waals surface area contributed by atoms with Crippen LogP contribution in [0.25, 0.3) is 0 Å². The van der Waals surface area contributed by atoms with E-state index in [0.717, 1.165) is 50.5 Å². The summed E-state index contributed by atoms with van der Waals surface area (Å²) in [5.41, 5.74) is -0.947. The number of hydrogen-bond acceptors (Lipinski definition) is 22. The van der Waals surface area contributed by atoms with Crippen LogP contribution in [0.3, 0.4) is 0 Å². The smallest absolute Gasteiger partial charge is 0.331 e. The lowest BCUT2D eigenvalue weighted by molar-refractivity contribution is -0.359. The standard InChI is InChI=1S/C50H78O22/c1-21-44(71-36-16-30(62-6)45(22(2)66-36)72-47-43(60)41(58)39(56)33(70-47)20-64-46-42(59)40(57)38(55)32(18-51)69-46)29(53)15-35(65-21)68-26-9-11-48(4)25(14-26)7-8-28-27(48)10-12-49(5)37(24-13-34(54)63-19-24)31(67-23(3)52)17-50(28,49)61/h13,21-22,25-33,35-47,51,53,55-61H,7-12,14-20H2,1-6H3/t21-,22-,25-,26+,27-,28+,29+,30+,31+,32-,33-,35+,36+,37+,38-,39-,40+,41+,42-,43-,44-,45-,46-,47+,48+,49-,50+/m1/s1. The highest BCUT2D eigenvalue weighted by molar-refractivity contribution is 5.85. The zero-order valence-corrected chi connectivity index (χ0v) is 42.0. The van der Waals surface area contributed by atoms with Gasteiger partial charge in [-0.1, -0.05) is 13.8 Å². The van der Waals surface area contributed by atoms with Crippen molar-refractivity contribution in [1.82, 2.24) is 0 Å². The number of ether oxygens (including phenoxy) is 11. The third kappa shape index (κ3) is 9.95. The monoisotopic (exact) mass is 1030 g/mol. The first-order valence-corrected chi connectivity index (χ1v) is 26.0. The van der Waals surface area contributed by atoms with Crippen molar-refractivity contribution >= 4 is 11.9 Å².